The van der Waals surface area contributed by atoms with Crippen LogP contribution in [0.3, 0.4) is 0 Å². The van der Waals surface area contributed by atoms with Gasteiger partial charge in [-0.2, -0.15) is 5.10 Å². The number of nitrogens with zero attached hydrogens (tertiary/aromatic N) is 3. The van der Waals surface area contributed by atoms with Gasteiger partial charge in [-0.05, 0) is 69.7 Å². The molecule has 1 aromatic carbocycles. The summed E-state index contributed by atoms with van der Waals surface area (Å²) in [5.74, 6) is 6.31. The number of likely N-dealkylation sites (tertiary alicyclic amines) is 1. The van der Waals surface area contributed by atoms with E-state index in [1.54, 1.807) is 4.68 Å². The normalized spacial score (nSPS) is 22.2. The highest BCUT2D eigenvalue weighted by Gasteiger charge is 2.50. The average Bonchev–Trinajstić information content (AvgIpc) is 3.32. The lowest BCUT2D eigenvalue weighted by Gasteiger charge is -2.45. The van der Waals surface area contributed by atoms with Gasteiger partial charge in [0.2, 0.25) is 0 Å². The summed E-state index contributed by atoms with van der Waals surface area (Å²) in [6, 6.07) is 7.67. The van der Waals surface area contributed by atoms with Gasteiger partial charge < -0.3 is 20.9 Å². The Morgan fingerprint density at radius 1 is 1.30 bits per heavy atom. The smallest absolute Gasteiger partial charge is 0.254 e. The van der Waals surface area contributed by atoms with Crippen LogP contribution in [0.5, 0.6) is 5.75 Å². The van der Waals surface area contributed by atoms with Gasteiger partial charge in [0.1, 0.15) is 36.2 Å². The van der Waals surface area contributed by atoms with Crippen molar-refractivity contribution in [2.24, 2.45) is 11.1 Å². The van der Waals surface area contributed by atoms with E-state index in [9.17, 15) is 4.79 Å². The third-order valence-electron chi connectivity index (χ3n) is 6.52. The highest BCUT2D eigenvalue weighted by molar-refractivity contribution is 6.03. The van der Waals surface area contributed by atoms with Crippen LogP contribution in [0.4, 0.5) is 5.82 Å². The van der Waals surface area contributed by atoms with Crippen LogP contribution in [0.2, 0.25) is 0 Å². The maximum Gasteiger partial charge on any atom is 0.254 e. The van der Waals surface area contributed by atoms with Gasteiger partial charge in [0.15, 0.2) is 0 Å². The van der Waals surface area contributed by atoms with E-state index in [4.69, 9.17) is 26.0 Å². The number of benzene rings is 1. The standard InChI is InChI=1S/C25H33N5O3/c1-4-5-12-32-16-29-11-10-25(15-29)13-19(14-25)30-23(26)21(24(27)31)22(28-30)18-6-8-20(9-7-18)33-17(2)3/h6-9,17,19H,10-16,26H2,1-3H3,(H2,27,31). The molecular weight excluding hydrogens is 418 g/mol. The predicted molar refractivity (Wildman–Crippen MR) is 128 cm³/mol. The lowest BCUT2D eigenvalue weighted by Crippen LogP contribution is -2.41. The van der Waals surface area contributed by atoms with E-state index < -0.39 is 5.91 Å². The Hall–Kier alpha value is -3.02. The molecule has 4 N–H and O–H groups in total. The van der Waals surface area contributed by atoms with Crippen molar-refractivity contribution in [2.45, 2.75) is 52.2 Å². The Bertz CT molecular complexity index is 1060. The van der Waals surface area contributed by atoms with E-state index in [0.29, 0.717) is 24.8 Å². The Morgan fingerprint density at radius 2 is 2.03 bits per heavy atom. The third-order valence-corrected chi connectivity index (χ3v) is 6.52. The van der Waals surface area contributed by atoms with Gasteiger partial charge in [0.25, 0.3) is 5.91 Å². The van der Waals surface area contributed by atoms with Crippen LogP contribution < -0.4 is 16.2 Å². The number of rotatable bonds is 8. The van der Waals surface area contributed by atoms with Crippen molar-refractivity contribution in [2.75, 3.05) is 32.2 Å². The summed E-state index contributed by atoms with van der Waals surface area (Å²) >= 11 is 0. The van der Waals surface area contributed by atoms with Crippen molar-refractivity contribution < 1.29 is 14.3 Å². The molecule has 33 heavy (non-hydrogen) atoms. The van der Waals surface area contributed by atoms with Gasteiger partial charge in [0, 0.05) is 18.7 Å². The zero-order chi connectivity index (χ0) is 23.6. The van der Waals surface area contributed by atoms with Crippen LogP contribution in [0.25, 0.3) is 11.3 Å². The lowest BCUT2D eigenvalue weighted by molar-refractivity contribution is 0.0246. The molecule has 0 atom stereocenters. The number of aromatic nitrogens is 2. The summed E-state index contributed by atoms with van der Waals surface area (Å²) in [6.07, 6.45) is 3.16. The van der Waals surface area contributed by atoms with E-state index in [-0.39, 0.29) is 23.1 Å². The molecule has 1 saturated carbocycles. The number of ether oxygens (including phenoxy) is 2. The zero-order valence-corrected chi connectivity index (χ0v) is 19.6. The molecule has 0 unspecified atom stereocenters. The monoisotopic (exact) mass is 451 g/mol. The molecule has 1 aromatic heterocycles. The van der Waals surface area contributed by atoms with E-state index in [0.717, 1.165) is 43.7 Å². The second kappa shape index (κ2) is 9.46. The molecule has 2 aliphatic rings. The molecular formula is C25H33N5O3. The number of anilines is 1. The van der Waals surface area contributed by atoms with Gasteiger partial charge in [-0.15, -0.1) is 5.92 Å². The predicted octanol–water partition coefficient (Wildman–Crippen LogP) is 3.04. The summed E-state index contributed by atoms with van der Waals surface area (Å²) in [4.78, 5) is 14.6. The maximum atomic E-state index is 12.2. The second-order valence-electron chi connectivity index (χ2n) is 9.38. The number of nitrogen functional groups attached to an aromatic ring is 1. The number of primary amides is 1. The number of carbonyl (C=O) groups is 1. The van der Waals surface area contributed by atoms with Crippen LogP contribution >= 0.6 is 0 Å². The average molecular weight is 452 g/mol. The Kier molecular flexibility index (Phi) is 6.63. The summed E-state index contributed by atoms with van der Waals surface area (Å²) in [5, 5.41) is 4.75. The molecule has 8 heteroatoms. The molecule has 0 bridgehead atoms. The third kappa shape index (κ3) is 4.85. The largest absolute Gasteiger partial charge is 0.491 e. The lowest BCUT2D eigenvalue weighted by atomic mass is 9.65. The molecule has 176 valence electrons. The molecule has 0 radical (unpaired) electrons. The first kappa shape index (κ1) is 23.1. The molecule has 8 nitrogen and oxygen atoms in total. The van der Waals surface area contributed by atoms with Gasteiger partial charge in [-0.25, -0.2) is 4.68 Å². The Balaban J connectivity index is 1.47. The fraction of sp³-hybridized carbons (Fsp3) is 0.520. The molecule has 1 aliphatic heterocycles. The van der Waals surface area contributed by atoms with Crippen molar-refractivity contribution in [1.82, 2.24) is 14.7 Å². The van der Waals surface area contributed by atoms with Gasteiger partial charge >= 0.3 is 0 Å². The first-order valence-electron chi connectivity index (χ1n) is 11.5. The summed E-state index contributed by atoms with van der Waals surface area (Å²) < 4.78 is 13.1. The summed E-state index contributed by atoms with van der Waals surface area (Å²) in [6.45, 7) is 8.86. The Labute approximate surface area is 195 Å². The van der Waals surface area contributed by atoms with Crippen LogP contribution in [-0.4, -0.2) is 53.1 Å². The number of carbonyl (C=O) groups excluding carboxylic acids is 1. The molecule has 2 heterocycles. The van der Waals surface area contributed by atoms with Crippen LogP contribution in [0, 0.1) is 17.3 Å². The fourth-order valence-corrected chi connectivity index (χ4v) is 5.02. The van der Waals surface area contributed by atoms with E-state index in [1.807, 2.05) is 45.0 Å². The van der Waals surface area contributed by atoms with Crippen molar-refractivity contribution in [3.8, 4) is 28.8 Å². The van der Waals surface area contributed by atoms with Crippen molar-refractivity contribution >= 4 is 11.7 Å². The number of hydrogen-bond acceptors (Lipinski definition) is 6. The molecule has 2 fully saturated rings. The Morgan fingerprint density at radius 3 is 2.67 bits per heavy atom. The maximum absolute atomic E-state index is 12.2. The number of amides is 1. The topological polar surface area (TPSA) is 109 Å². The zero-order valence-electron chi connectivity index (χ0n) is 19.6. The molecule has 1 spiro atoms. The fourth-order valence-electron chi connectivity index (χ4n) is 5.02. The molecule has 1 amide bonds. The van der Waals surface area contributed by atoms with Gasteiger partial charge in [0.05, 0.1) is 12.1 Å². The molecule has 4 rings (SSSR count). The molecule has 1 saturated heterocycles. The van der Waals surface area contributed by atoms with E-state index in [1.165, 1.54) is 0 Å². The van der Waals surface area contributed by atoms with Crippen molar-refractivity contribution in [3.63, 3.8) is 0 Å². The highest BCUT2D eigenvalue weighted by atomic mass is 16.5. The second-order valence-corrected chi connectivity index (χ2v) is 9.38. The van der Waals surface area contributed by atoms with Crippen LogP contribution in [-0.2, 0) is 4.74 Å². The molecule has 2 aromatic rings. The minimum Gasteiger partial charge on any atom is -0.491 e. The minimum absolute atomic E-state index is 0.0842. The van der Waals surface area contributed by atoms with E-state index in [2.05, 4.69) is 16.7 Å². The first-order chi connectivity index (χ1) is 15.8. The number of hydrogen-bond donors (Lipinski definition) is 2. The van der Waals surface area contributed by atoms with E-state index >= 15 is 0 Å². The summed E-state index contributed by atoms with van der Waals surface area (Å²) in [7, 11) is 0. The minimum atomic E-state index is -0.565. The first-order valence-corrected chi connectivity index (χ1v) is 11.5. The quantitative estimate of drug-likeness (QED) is 0.472. The summed E-state index contributed by atoms with van der Waals surface area (Å²) in [5.41, 5.74) is 13.9. The van der Waals surface area contributed by atoms with Gasteiger partial charge in [-0.1, -0.05) is 5.92 Å². The van der Waals surface area contributed by atoms with Crippen molar-refractivity contribution in [3.05, 3.63) is 29.8 Å². The molecule has 1 aliphatic carbocycles. The van der Waals surface area contributed by atoms with Gasteiger partial charge in [-0.3, -0.25) is 9.69 Å². The van der Waals surface area contributed by atoms with Crippen LogP contribution in [0.15, 0.2) is 24.3 Å². The SMILES string of the molecule is CC#CCOCN1CCC2(CC(n3nc(-c4ccc(OC(C)C)cc4)c(C(N)=O)c3N)C2)C1. The highest BCUT2D eigenvalue weighted by Crippen LogP contribution is 2.54. The van der Waals surface area contributed by atoms with Crippen LogP contribution in [0.1, 0.15) is 56.4 Å². The number of nitrogens with two attached hydrogens (primary N) is 2. The van der Waals surface area contributed by atoms with Crippen molar-refractivity contribution in [1.29, 1.82) is 0 Å².